The molecule has 0 saturated heterocycles. The first-order valence-corrected chi connectivity index (χ1v) is 28.8. The number of esters is 3. The van der Waals surface area contributed by atoms with Crippen molar-refractivity contribution in [1.82, 2.24) is 0 Å². The van der Waals surface area contributed by atoms with E-state index in [1.54, 1.807) is 0 Å². The van der Waals surface area contributed by atoms with E-state index in [0.29, 0.717) is 19.3 Å². The molecule has 0 rings (SSSR count). The Labute approximate surface area is 415 Å². The highest BCUT2D eigenvalue weighted by Gasteiger charge is 2.19. The van der Waals surface area contributed by atoms with Crippen molar-refractivity contribution in [3.63, 3.8) is 0 Å². The predicted molar refractivity (Wildman–Crippen MR) is 288 cm³/mol. The standard InChI is InChI=1S/C61H108O6/c1-4-7-10-13-16-19-22-24-26-28-30-32-34-36-39-42-45-48-51-54-60(63)66-57-58(56-65-59(62)53-50-47-44-41-38-21-18-15-12-9-6-3)67-61(64)55-52-49-46-43-40-37-35-33-31-29-27-25-23-20-17-14-11-8-5-2/h15-20,24-27,58H,4-14,21-23,28-57H2,1-3H3/b18-15-,19-16-,20-17-,26-24-,27-25-/t58-/m0/s1. The Morgan fingerprint density at radius 1 is 0.299 bits per heavy atom. The molecule has 388 valence electrons. The molecule has 0 heterocycles. The van der Waals surface area contributed by atoms with E-state index in [2.05, 4.69) is 81.5 Å². The van der Waals surface area contributed by atoms with E-state index in [1.807, 2.05) is 0 Å². The van der Waals surface area contributed by atoms with Crippen LogP contribution >= 0.6 is 0 Å². The molecule has 6 nitrogen and oxygen atoms in total. The summed E-state index contributed by atoms with van der Waals surface area (Å²) in [6, 6.07) is 0. The average molecular weight is 938 g/mol. The van der Waals surface area contributed by atoms with Gasteiger partial charge in [-0.25, -0.2) is 0 Å². The molecule has 6 heteroatoms. The van der Waals surface area contributed by atoms with Crippen LogP contribution in [0.5, 0.6) is 0 Å². The maximum absolute atomic E-state index is 12.9. The first kappa shape index (κ1) is 64.1. The zero-order chi connectivity index (χ0) is 48.6. The second kappa shape index (κ2) is 55.7. The van der Waals surface area contributed by atoms with Gasteiger partial charge in [-0.2, -0.15) is 0 Å². The minimum atomic E-state index is -0.781. The first-order chi connectivity index (χ1) is 33.0. The monoisotopic (exact) mass is 937 g/mol. The highest BCUT2D eigenvalue weighted by molar-refractivity contribution is 5.71. The van der Waals surface area contributed by atoms with Gasteiger partial charge in [0.05, 0.1) is 0 Å². The van der Waals surface area contributed by atoms with Gasteiger partial charge in [-0.3, -0.25) is 14.4 Å². The molecule has 0 aromatic carbocycles. The number of ether oxygens (including phenoxy) is 3. The van der Waals surface area contributed by atoms with Crippen molar-refractivity contribution in [2.24, 2.45) is 0 Å². The van der Waals surface area contributed by atoms with Gasteiger partial charge in [0.15, 0.2) is 6.10 Å². The molecule has 0 unspecified atom stereocenters. The van der Waals surface area contributed by atoms with Gasteiger partial charge in [-0.1, -0.05) is 229 Å². The minimum Gasteiger partial charge on any atom is -0.462 e. The zero-order valence-electron chi connectivity index (χ0n) is 44.4. The molecule has 0 aliphatic carbocycles. The van der Waals surface area contributed by atoms with Gasteiger partial charge in [0.25, 0.3) is 0 Å². The molecule has 0 fully saturated rings. The summed E-state index contributed by atoms with van der Waals surface area (Å²) in [6.07, 6.45) is 69.2. The van der Waals surface area contributed by atoms with Crippen LogP contribution in [0.15, 0.2) is 60.8 Å². The number of carbonyl (C=O) groups is 3. The van der Waals surface area contributed by atoms with Crippen LogP contribution in [0.3, 0.4) is 0 Å². The third kappa shape index (κ3) is 53.9. The Hall–Kier alpha value is -2.89. The third-order valence-corrected chi connectivity index (χ3v) is 12.5. The molecule has 0 radical (unpaired) electrons. The quantitative estimate of drug-likeness (QED) is 0.0262. The summed E-state index contributed by atoms with van der Waals surface area (Å²) < 4.78 is 16.8. The summed E-state index contributed by atoms with van der Waals surface area (Å²) >= 11 is 0. The van der Waals surface area contributed by atoms with Crippen molar-refractivity contribution < 1.29 is 28.6 Å². The highest BCUT2D eigenvalue weighted by Crippen LogP contribution is 2.15. The van der Waals surface area contributed by atoms with Crippen molar-refractivity contribution >= 4 is 17.9 Å². The van der Waals surface area contributed by atoms with Crippen LogP contribution in [0.25, 0.3) is 0 Å². The van der Waals surface area contributed by atoms with Crippen LogP contribution < -0.4 is 0 Å². The van der Waals surface area contributed by atoms with E-state index in [9.17, 15) is 14.4 Å². The lowest BCUT2D eigenvalue weighted by Gasteiger charge is -2.18. The number of carbonyl (C=O) groups excluding carboxylic acids is 3. The fourth-order valence-corrected chi connectivity index (χ4v) is 8.07. The van der Waals surface area contributed by atoms with Crippen molar-refractivity contribution in [1.29, 1.82) is 0 Å². The molecular weight excluding hydrogens is 829 g/mol. The Bertz CT molecular complexity index is 1210. The fourth-order valence-electron chi connectivity index (χ4n) is 8.07. The number of allylic oxidation sites excluding steroid dienone is 10. The number of unbranched alkanes of at least 4 members (excludes halogenated alkanes) is 31. The molecule has 0 aromatic rings. The SMILES string of the molecule is CCCC/C=C\CCCCCCCC(=O)OC[C@@H](COC(=O)CCCCCCCCCCC/C=C\C/C=C\CCCCC)OC(=O)CCCCCCCCCCC/C=C\C/C=C\CCCCC. The van der Waals surface area contributed by atoms with Crippen molar-refractivity contribution in [3.05, 3.63) is 60.8 Å². The van der Waals surface area contributed by atoms with Crippen LogP contribution in [0.2, 0.25) is 0 Å². The molecule has 1 atom stereocenters. The molecule has 67 heavy (non-hydrogen) atoms. The molecule has 0 aromatic heterocycles. The first-order valence-electron chi connectivity index (χ1n) is 28.8. The second-order valence-electron chi connectivity index (χ2n) is 19.2. The van der Waals surface area contributed by atoms with E-state index in [0.717, 1.165) is 77.0 Å². The molecule has 0 aliphatic heterocycles. The molecule has 0 amide bonds. The van der Waals surface area contributed by atoms with Gasteiger partial charge in [-0.05, 0) is 103 Å². The van der Waals surface area contributed by atoms with E-state index in [4.69, 9.17) is 14.2 Å². The lowest BCUT2D eigenvalue weighted by Crippen LogP contribution is -2.30. The Balaban J connectivity index is 4.33. The summed E-state index contributed by atoms with van der Waals surface area (Å²) in [5.74, 6) is -0.888. The molecule has 0 N–H and O–H groups in total. The lowest BCUT2D eigenvalue weighted by molar-refractivity contribution is -0.167. The third-order valence-electron chi connectivity index (χ3n) is 12.5. The molecule has 0 saturated carbocycles. The van der Waals surface area contributed by atoms with Crippen LogP contribution in [-0.2, 0) is 28.6 Å². The topological polar surface area (TPSA) is 78.9 Å². The van der Waals surface area contributed by atoms with Crippen LogP contribution in [0.1, 0.15) is 290 Å². The van der Waals surface area contributed by atoms with Gasteiger partial charge in [-0.15, -0.1) is 0 Å². The van der Waals surface area contributed by atoms with Crippen LogP contribution in [0, 0.1) is 0 Å². The number of hydrogen-bond acceptors (Lipinski definition) is 6. The fraction of sp³-hybridized carbons (Fsp3) is 0.787. The van der Waals surface area contributed by atoms with Gasteiger partial charge in [0, 0.05) is 19.3 Å². The van der Waals surface area contributed by atoms with Crippen molar-refractivity contribution in [2.75, 3.05) is 13.2 Å². The Morgan fingerprint density at radius 2 is 0.552 bits per heavy atom. The van der Waals surface area contributed by atoms with E-state index < -0.39 is 6.10 Å². The average Bonchev–Trinajstić information content (AvgIpc) is 3.33. The number of rotatable bonds is 52. The van der Waals surface area contributed by atoms with Gasteiger partial charge in [0.1, 0.15) is 13.2 Å². The Morgan fingerprint density at radius 3 is 0.881 bits per heavy atom. The smallest absolute Gasteiger partial charge is 0.306 e. The zero-order valence-corrected chi connectivity index (χ0v) is 44.4. The van der Waals surface area contributed by atoms with E-state index >= 15 is 0 Å². The molecule has 0 spiro atoms. The minimum absolute atomic E-state index is 0.0798. The maximum Gasteiger partial charge on any atom is 0.306 e. The largest absolute Gasteiger partial charge is 0.462 e. The van der Waals surface area contributed by atoms with Crippen molar-refractivity contribution in [2.45, 2.75) is 297 Å². The Kier molecular flexibility index (Phi) is 53.3. The van der Waals surface area contributed by atoms with Crippen molar-refractivity contribution in [3.8, 4) is 0 Å². The van der Waals surface area contributed by atoms with Crippen LogP contribution in [-0.4, -0.2) is 37.2 Å². The maximum atomic E-state index is 12.9. The predicted octanol–water partition coefficient (Wildman–Crippen LogP) is 19.2. The van der Waals surface area contributed by atoms with Crippen LogP contribution in [0.4, 0.5) is 0 Å². The van der Waals surface area contributed by atoms with Gasteiger partial charge >= 0.3 is 17.9 Å². The van der Waals surface area contributed by atoms with E-state index in [1.165, 1.54) is 173 Å². The molecular formula is C61H108O6. The summed E-state index contributed by atoms with van der Waals surface area (Å²) in [7, 11) is 0. The lowest BCUT2D eigenvalue weighted by atomic mass is 10.1. The number of hydrogen-bond donors (Lipinski definition) is 0. The van der Waals surface area contributed by atoms with Gasteiger partial charge in [0.2, 0.25) is 0 Å². The molecule has 0 aliphatic rings. The summed E-state index contributed by atoms with van der Waals surface area (Å²) in [4.78, 5) is 38.1. The summed E-state index contributed by atoms with van der Waals surface area (Å²) in [5, 5.41) is 0. The van der Waals surface area contributed by atoms with Gasteiger partial charge < -0.3 is 14.2 Å². The second-order valence-corrected chi connectivity index (χ2v) is 19.2. The highest BCUT2D eigenvalue weighted by atomic mass is 16.6. The molecule has 0 bridgehead atoms. The summed E-state index contributed by atoms with van der Waals surface area (Å²) in [5.41, 5.74) is 0. The van der Waals surface area contributed by atoms with E-state index in [-0.39, 0.29) is 31.1 Å². The summed E-state index contributed by atoms with van der Waals surface area (Å²) in [6.45, 7) is 6.56. The normalized spacial score (nSPS) is 12.5.